The number of nitrogens with one attached hydrogen (secondary N) is 1. The van der Waals surface area contributed by atoms with Gasteiger partial charge in [0.05, 0.1) is 23.4 Å². The number of thiocarbonyl (C=S) groups is 1. The third-order valence-corrected chi connectivity index (χ3v) is 7.30. The van der Waals surface area contributed by atoms with Crippen molar-refractivity contribution >= 4 is 34.6 Å². The summed E-state index contributed by atoms with van der Waals surface area (Å²) in [5, 5.41) is 4.65. The quantitative estimate of drug-likeness (QED) is 0.211. The Hall–Kier alpha value is -3.39. The molecule has 1 fully saturated rings. The molecule has 0 radical (unpaired) electrons. The van der Waals surface area contributed by atoms with Gasteiger partial charge in [-0.1, -0.05) is 23.7 Å². The van der Waals surface area contributed by atoms with Crippen LogP contribution in [0.5, 0.6) is 5.75 Å². The van der Waals surface area contributed by atoms with E-state index in [-0.39, 0.29) is 12.1 Å². The van der Waals surface area contributed by atoms with Gasteiger partial charge in [0, 0.05) is 36.6 Å². The Morgan fingerprint density at radius 3 is 2.54 bits per heavy atom. The number of hydrogen-bond donors (Lipinski definition) is 1. The summed E-state index contributed by atoms with van der Waals surface area (Å²) in [6, 6.07) is 22.1. The van der Waals surface area contributed by atoms with E-state index in [1.165, 1.54) is 11.1 Å². The molecule has 1 saturated heterocycles. The highest BCUT2D eigenvalue weighted by molar-refractivity contribution is 7.80. The van der Waals surface area contributed by atoms with E-state index in [1.807, 2.05) is 42.6 Å². The highest BCUT2D eigenvalue weighted by atomic mass is 35.5. The molecule has 1 aliphatic rings. The van der Waals surface area contributed by atoms with Crippen LogP contribution in [-0.2, 0) is 4.74 Å². The molecule has 0 spiro atoms. The molecular weight excluding hydrogens is 504 g/mol. The van der Waals surface area contributed by atoms with E-state index in [1.54, 1.807) is 7.11 Å². The molecular formula is C29H29ClN4O2S. The van der Waals surface area contributed by atoms with Gasteiger partial charge in [-0.15, -0.1) is 0 Å². The first-order valence-electron chi connectivity index (χ1n) is 12.1. The summed E-state index contributed by atoms with van der Waals surface area (Å²) < 4.78 is 13.1. The highest BCUT2D eigenvalue weighted by Gasteiger charge is 2.42. The number of aryl methyl sites for hydroxylation is 2. The van der Waals surface area contributed by atoms with Crippen LogP contribution >= 0.6 is 23.8 Å². The van der Waals surface area contributed by atoms with Crippen molar-refractivity contribution < 1.29 is 9.47 Å². The Balaban J connectivity index is 1.59. The van der Waals surface area contributed by atoms with Gasteiger partial charge in [-0.3, -0.25) is 4.98 Å². The molecule has 2 atom stereocenters. The third kappa shape index (κ3) is 5.07. The summed E-state index contributed by atoms with van der Waals surface area (Å²) in [4.78, 5) is 6.79. The summed E-state index contributed by atoms with van der Waals surface area (Å²) in [7, 11) is 1.64. The van der Waals surface area contributed by atoms with Gasteiger partial charge in [0.15, 0.2) is 5.11 Å². The van der Waals surface area contributed by atoms with Crippen molar-refractivity contribution in [2.45, 2.75) is 25.9 Å². The minimum atomic E-state index is -0.171. The molecule has 2 aromatic heterocycles. The van der Waals surface area contributed by atoms with Crippen LogP contribution in [0, 0.1) is 13.8 Å². The molecule has 4 aromatic rings. The minimum Gasteiger partial charge on any atom is -0.490 e. The van der Waals surface area contributed by atoms with E-state index in [2.05, 4.69) is 70.1 Å². The summed E-state index contributed by atoms with van der Waals surface area (Å²) in [6.07, 6.45) is 3.90. The predicted molar refractivity (Wildman–Crippen MR) is 152 cm³/mol. The van der Waals surface area contributed by atoms with E-state index in [0.717, 1.165) is 22.8 Å². The Morgan fingerprint density at radius 1 is 0.973 bits per heavy atom. The van der Waals surface area contributed by atoms with Gasteiger partial charge in [-0.05, 0) is 91.8 Å². The maximum absolute atomic E-state index is 6.65. The number of aromatic nitrogens is 2. The highest BCUT2D eigenvalue weighted by Crippen LogP contribution is 2.43. The van der Waals surface area contributed by atoms with E-state index >= 15 is 0 Å². The van der Waals surface area contributed by atoms with Gasteiger partial charge in [0.2, 0.25) is 0 Å². The van der Waals surface area contributed by atoms with Gasteiger partial charge in [-0.25, -0.2) is 0 Å². The lowest BCUT2D eigenvalue weighted by molar-refractivity contribution is 0.146. The van der Waals surface area contributed by atoms with Crippen LogP contribution in [0.3, 0.4) is 0 Å². The van der Waals surface area contributed by atoms with Crippen molar-refractivity contribution in [3.63, 3.8) is 0 Å². The number of nitrogens with zero attached hydrogens (tertiary/aromatic N) is 3. The molecule has 5 rings (SSSR count). The maximum atomic E-state index is 6.65. The second-order valence-corrected chi connectivity index (χ2v) is 9.82. The number of benzene rings is 2. The molecule has 2 aromatic carbocycles. The lowest BCUT2D eigenvalue weighted by Crippen LogP contribution is -2.30. The number of rotatable bonds is 8. The zero-order valence-corrected chi connectivity index (χ0v) is 22.6. The standard InChI is InChI=1S/C29H29ClN4O2S/c1-19-9-10-21(17-20(19)2)33-14-6-8-25(33)28-27(24-7-4-5-13-31-24)32-29(37)34(28)22-11-12-26(23(30)18-22)36-16-15-35-3/h4-14,17-18,27-28H,15-16H2,1-3H3,(H,32,37)/t27-,28+/m1/s1. The fraction of sp³-hybridized carbons (Fsp3) is 0.241. The Bertz CT molecular complexity index is 1410. The van der Waals surface area contributed by atoms with E-state index in [9.17, 15) is 0 Å². The van der Waals surface area contributed by atoms with Gasteiger partial charge < -0.3 is 24.3 Å². The number of anilines is 1. The summed E-state index contributed by atoms with van der Waals surface area (Å²) in [6.45, 7) is 5.17. The number of ether oxygens (including phenoxy) is 2. The summed E-state index contributed by atoms with van der Waals surface area (Å²) >= 11 is 12.5. The molecule has 0 saturated carbocycles. The monoisotopic (exact) mass is 532 g/mol. The van der Waals surface area contributed by atoms with Crippen molar-refractivity contribution in [1.29, 1.82) is 0 Å². The van der Waals surface area contributed by atoms with Gasteiger partial charge in [0.1, 0.15) is 18.4 Å². The largest absolute Gasteiger partial charge is 0.490 e. The number of halogens is 1. The third-order valence-electron chi connectivity index (χ3n) is 6.69. The zero-order valence-electron chi connectivity index (χ0n) is 21.0. The number of pyridine rings is 1. The smallest absolute Gasteiger partial charge is 0.174 e. The molecule has 0 aliphatic carbocycles. The molecule has 1 aliphatic heterocycles. The van der Waals surface area contributed by atoms with Crippen LogP contribution in [0.4, 0.5) is 5.69 Å². The van der Waals surface area contributed by atoms with E-state index in [0.29, 0.717) is 29.1 Å². The lowest BCUT2D eigenvalue weighted by atomic mass is 10.0. The van der Waals surface area contributed by atoms with Crippen molar-refractivity contribution in [3.05, 3.63) is 107 Å². The molecule has 0 bridgehead atoms. The van der Waals surface area contributed by atoms with Gasteiger partial charge in [0.25, 0.3) is 0 Å². The number of hydrogen-bond acceptors (Lipinski definition) is 4. The molecule has 0 unspecified atom stereocenters. The lowest BCUT2D eigenvalue weighted by Gasteiger charge is -2.29. The first kappa shape index (κ1) is 25.3. The predicted octanol–water partition coefficient (Wildman–Crippen LogP) is 6.34. The maximum Gasteiger partial charge on any atom is 0.174 e. The average Bonchev–Trinajstić information content (AvgIpc) is 3.51. The molecule has 6 nitrogen and oxygen atoms in total. The minimum absolute atomic E-state index is 0.162. The SMILES string of the molecule is COCCOc1ccc(N2C(=S)N[C@H](c3ccccn3)[C@@H]2c2cccn2-c2ccc(C)c(C)c2)cc1Cl. The van der Waals surface area contributed by atoms with Crippen LogP contribution in [0.2, 0.25) is 5.02 Å². The van der Waals surface area contributed by atoms with Gasteiger partial charge >= 0.3 is 0 Å². The van der Waals surface area contributed by atoms with Crippen LogP contribution < -0.4 is 15.0 Å². The Morgan fingerprint density at radius 2 is 1.81 bits per heavy atom. The van der Waals surface area contributed by atoms with Crippen molar-refractivity contribution in [2.24, 2.45) is 0 Å². The second kappa shape index (κ2) is 10.9. The van der Waals surface area contributed by atoms with E-state index in [4.69, 9.17) is 33.3 Å². The van der Waals surface area contributed by atoms with Crippen molar-refractivity contribution in [3.8, 4) is 11.4 Å². The zero-order chi connectivity index (χ0) is 25.9. The van der Waals surface area contributed by atoms with Crippen LogP contribution in [0.25, 0.3) is 5.69 Å². The summed E-state index contributed by atoms with van der Waals surface area (Å²) in [5.74, 6) is 0.608. The molecule has 3 heterocycles. The van der Waals surface area contributed by atoms with Crippen LogP contribution in [0.1, 0.15) is 34.6 Å². The fourth-order valence-electron chi connectivity index (χ4n) is 4.67. The fourth-order valence-corrected chi connectivity index (χ4v) is 5.25. The first-order valence-corrected chi connectivity index (χ1v) is 12.9. The topological polar surface area (TPSA) is 51.6 Å². The normalized spacial score (nSPS) is 17.2. The molecule has 190 valence electrons. The second-order valence-electron chi connectivity index (χ2n) is 9.02. The first-order chi connectivity index (χ1) is 18.0. The Kier molecular flexibility index (Phi) is 7.46. The van der Waals surface area contributed by atoms with Crippen LogP contribution in [0.15, 0.2) is 79.1 Å². The molecule has 1 N–H and O–H groups in total. The molecule has 8 heteroatoms. The van der Waals surface area contributed by atoms with Gasteiger partial charge in [-0.2, -0.15) is 0 Å². The van der Waals surface area contributed by atoms with Crippen molar-refractivity contribution in [2.75, 3.05) is 25.2 Å². The van der Waals surface area contributed by atoms with Crippen LogP contribution in [-0.4, -0.2) is 35.0 Å². The average molecular weight is 533 g/mol. The molecule has 37 heavy (non-hydrogen) atoms. The van der Waals surface area contributed by atoms with E-state index < -0.39 is 0 Å². The summed E-state index contributed by atoms with van der Waals surface area (Å²) in [5.41, 5.74) is 6.47. The Labute approximate surface area is 227 Å². The number of methoxy groups -OCH3 is 1. The van der Waals surface area contributed by atoms with Crippen molar-refractivity contribution in [1.82, 2.24) is 14.9 Å². The molecule has 0 amide bonds.